The second-order valence-electron chi connectivity index (χ2n) is 7.04. The lowest BCUT2D eigenvalue weighted by Crippen LogP contribution is -2.46. The summed E-state index contributed by atoms with van der Waals surface area (Å²) >= 11 is 0. The fourth-order valence-corrected chi connectivity index (χ4v) is 7.17. The molecule has 0 aromatic carbocycles. The Balaban J connectivity index is 0. The van der Waals surface area contributed by atoms with Crippen LogP contribution in [0, 0.1) is 0 Å². The van der Waals surface area contributed by atoms with Gasteiger partial charge in [0.2, 0.25) is 0 Å². The third-order valence-corrected chi connectivity index (χ3v) is 13.2. The fourth-order valence-electron chi connectivity index (χ4n) is 2.39. The van der Waals surface area contributed by atoms with Gasteiger partial charge in [0.15, 0.2) is 0 Å². The maximum atomic E-state index is 5.53. The predicted molar refractivity (Wildman–Crippen MR) is 95.3 cm³/mol. The molecule has 0 unspecified atom stereocenters. The molecular weight excluding hydrogens is 300 g/mol. The number of rotatable bonds is 6. The third-order valence-electron chi connectivity index (χ3n) is 4.39. The Morgan fingerprint density at radius 3 is 0.952 bits per heavy atom. The zero-order valence-corrected chi connectivity index (χ0v) is 18.3. The molecule has 0 aliphatic carbocycles. The van der Waals surface area contributed by atoms with Crippen LogP contribution in [-0.2, 0) is 17.7 Å². The van der Waals surface area contributed by atoms with E-state index in [1.54, 1.807) is 28.4 Å². The highest BCUT2D eigenvalue weighted by atomic mass is 28.4. The molecule has 4 nitrogen and oxygen atoms in total. The summed E-state index contributed by atoms with van der Waals surface area (Å²) in [6, 6.07) is 0. The van der Waals surface area contributed by atoms with Crippen molar-refractivity contribution in [3.63, 3.8) is 0 Å². The Kier molecular flexibility index (Phi) is 10.6. The SMILES string of the molecule is CO[Si](C)(OC)C(C)(C)C.CO[Si](OC)(C(C)C)C(C)C. The molecule has 6 heteroatoms. The molecule has 0 atom stereocenters. The van der Waals surface area contributed by atoms with Gasteiger partial charge >= 0.3 is 17.1 Å². The Hall–Kier alpha value is 0.274. The average molecular weight is 339 g/mol. The van der Waals surface area contributed by atoms with E-state index in [1.807, 2.05) is 0 Å². The molecule has 0 spiro atoms. The molecule has 0 amide bonds. The molecule has 0 heterocycles. The molecule has 0 aromatic heterocycles. The standard InChI is InChI=1S/C8H20O2Si.C7H18O2Si/c1-7(2)11(9-5,10-6)8(3)4;1-7(2,3)10(6,8-4)9-5/h7-8H,1-6H3;1-6H3. The van der Waals surface area contributed by atoms with E-state index in [1.165, 1.54) is 0 Å². The molecule has 0 saturated heterocycles. The first-order valence-corrected chi connectivity index (χ1v) is 11.9. The summed E-state index contributed by atoms with van der Waals surface area (Å²) in [5, 5.41) is 0.149. The predicted octanol–water partition coefficient (Wildman–Crippen LogP) is 4.69. The van der Waals surface area contributed by atoms with E-state index in [4.69, 9.17) is 17.7 Å². The summed E-state index contributed by atoms with van der Waals surface area (Å²) in [4.78, 5) is 0. The lowest BCUT2D eigenvalue weighted by atomic mass is 10.3. The minimum atomic E-state index is -1.90. The molecule has 0 saturated carbocycles. The van der Waals surface area contributed by atoms with Crippen LogP contribution in [0.15, 0.2) is 0 Å². The lowest BCUT2D eigenvalue weighted by molar-refractivity contribution is 0.222. The molecule has 0 aromatic rings. The summed E-state index contributed by atoms with van der Waals surface area (Å²) < 4.78 is 21.8. The quantitative estimate of drug-likeness (QED) is 0.658. The van der Waals surface area contributed by atoms with Crippen LogP contribution in [0.1, 0.15) is 48.5 Å². The Bertz CT molecular complexity index is 257. The van der Waals surface area contributed by atoms with Crippen LogP contribution in [0.2, 0.25) is 22.7 Å². The molecule has 0 aliphatic rings. The minimum absolute atomic E-state index is 0.149. The van der Waals surface area contributed by atoms with Crippen LogP contribution in [0.3, 0.4) is 0 Å². The monoisotopic (exact) mass is 338 g/mol. The first kappa shape index (κ1) is 23.5. The first-order chi connectivity index (χ1) is 9.38. The molecule has 0 radical (unpaired) electrons. The van der Waals surface area contributed by atoms with Crippen LogP contribution in [0.25, 0.3) is 0 Å². The third kappa shape index (κ3) is 6.11. The Labute approximate surface area is 135 Å². The van der Waals surface area contributed by atoms with Gasteiger partial charge in [-0.1, -0.05) is 48.5 Å². The van der Waals surface area contributed by atoms with Crippen LogP contribution >= 0.6 is 0 Å². The first-order valence-electron chi connectivity index (χ1n) is 7.59. The Morgan fingerprint density at radius 1 is 0.667 bits per heavy atom. The van der Waals surface area contributed by atoms with Crippen LogP contribution in [-0.4, -0.2) is 45.6 Å². The van der Waals surface area contributed by atoms with Gasteiger partial charge in [0.1, 0.15) is 0 Å². The maximum absolute atomic E-state index is 5.53. The van der Waals surface area contributed by atoms with Gasteiger partial charge in [0.05, 0.1) is 0 Å². The summed E-state index contributed by atoms with van der Waals surface area (Å²) in [6.07, 6.45) is 0. The zero-order chi connectivity index (χ0) is 17.5. The lowest BCUT2D eigenvalue weighted by Gasteiger charge is -2.35. The van der Waals surface area contributed by atoms with Gasteiger partial charge in [0, 0.05) is 33.5 Å². The van der Waals surface area contributed by atoms with Gasteiger partial charge in [0.25, 0.3) is 0 Å². The summed E-state index contributed by atoms with van der Waals surface area (Å²) in [5.74, 6) is 0. The second-order valence-corrected chi connectivity index (χ2v) is 15.8. The van der Waals surface area contributed by atoms with Crippen molar-refractivity contribution < 1.29 is 17.7 Å². The van der Waals surface area contributed by atoms with E-state index < -0.39 is 17.1 Å². The molecule has 0 bridgehead atoms. The van der Waals surface area contributed by atoms with Gasteiger partial charge in [-0.2, -0.15) is 0 Å². The van der Waals surface area contributed by atoms with Crippen LogP contribution < -0.4 is 0 Å². The Morgan fingerprint density at radius 2 is 0.952 bits per heavy atom. The van der Waals surface area contributed by atoms with Gasteiger partial charge in [-0.3, -0.25) is 0 Å². The molecule has 0 aliphatic heterocycles. The van der Waals surface area contributed by atoms with Gasteiger partial charge in [-0.15, -0.1) is 0 Å². The van der Waals surface area contributed by atoms with Crippen molar-refractivity contribution in [2.75, 3.05) is 28.4 Å². The van der Waals surface area contributed by atoms with Gasteiger partial charge in [-0.05, 0) is 17.6 Å². The smallest absolute Gasteiger partial charge is 0.342 e. The largest absolute Gasteiger partial charge is 0.397 e. The molecule has 130 valence electrons. The molecule has 21 heavy (non-hydrogen) atoms. The van der Waals surface area contributed by atoms with Crippen molar-refractivity contribution in [2.24, 2.45) is 0 Å². The van der Waals surface area contributed by atoms with Crippen molar-refractivity contribution in [3.8, 4) is 0 Å². The van der Waals surface area contributed by atoms with Crippen molar-refractivity contribution >= 4 is 17.1 Å². The van der Waals surface area contributed by atoms with Gasteiger partial charge in [-0.25, -0.2) is 0 Å². The van der Waals surface area contributed by atoms with Crippen molar-refractivity contribution in [3.05, 3.63) is 0 Å². The highest BCUT2D eigenvalue weighted by molar-refractivity contribution is 6.70. The summed E-state index contributed by atoms with van der Waals surface area (Å²) in [6.45, 7) is 17.2. The summed E-state index contributed by atoms with van der Waals surface area (Å²) in [7, 11) is 3.17. The number of hydrogen-bond donors (Lipinski definition) is 0. The van der Waals surface area contributed by atoms with E-state index in [9.17, 15) is 0 Å². The van der Waals surface area contributed by atoms with Crippen LogP contribution in [0.4, 0.5) is 0 Å². The van der Waals surface area contributed by atoms with Gasteiger partial charge < -0.3 is 17.7 Å². The van der Waals surface area contributed by atoms with Crippen molar-refractivity contribution in [1.29, 1.82) is 0 Å². The summed E-state index contributed by atoms with van der Waals surface area (Å²) in [5.41, 5.74) is 1.02. The highest BCUT2D eigenvalue weighted by Gasteiger charge is 2.43. The highest BCUT2D eigenvalue weighted by Crippen LogP contribution is 2.36. The molecule has 0 rings (SSSR count). The zero-order valence-electron chi connectivity index (χ0n) is 16.3. The van der Waals surface area contributed by atoms with Crippen LogP contribution in [0.5, 0.6) is 0 Å². The number of hydrogen-bond acceptors (Lipinski definition) is 4. The maximum Gasteiger partial charge on any atom is 0.342 e. The van der Waals surface area contributed by atoms with E-state index >= 15 is 0 Å². The van der Waals surface area contributed by atoms with Crippen molar-refractivity contribution in [1.82, 2.24) is 0 Å². The molecule has 0 fully saturated rings. The van der Waals surface area contributed by atoms with E-state index in [0.717, 1.165) is 0 Å². The van der Waals surface area contributed by atoms with E-state index in [0.29, 0.717) is 11.1 Å². The molecular formula is C15H38O4Si2. The average Bonchev–Trinajstić information content (AvgIpc) is 2.38. The van der Waals surface area contributed by atoms with E-state index in [2.05, 4.69) is 55.0 Å². The minimum Gasteiger partial charge on any atom is -0.397 e. The molecule has 0 N–H and O–H groups in total. The normalized spacial score (nSPS) is 13.4. The fraction of sp³-hybridized carbons (Fsp3) is 1.00. The second kappa shape index (κ2) is 9.42. The van der Waals surface area contributed by atoms with E-state index in [-0.39, 0.29) is 5.04 Å². The topological polar surface area (TPSA) is 36.9 Å². The van der Waals surface area contributed by atoms with Crippen molar-refractivity contribution in [2.45, 2.75) is 71.1 Å².